The summed E-state index contributed by atoms with van der Waals surface area (Å²) in [5.41, 5.74) is 3.20. The van der Waals surface area contributed by atoms with Crippen molar-refractivity contribution in [3.05, 3.63) is 28.8 Å². The first-order valence-electron chi connectivity index (χ1n) is 4.94. The molecule has 0 spiro atoms. The maximum atomic E-state index is 8.64. The van der Waals surface area contributed by atoms with E-state index in [1.807, 2.05) is 26.0 Å². The second kappa shape index (κ2) is 5.43. The summed E-state index contributed by atoms with van der Waals surface area (Å²) in [7, 11) is 1.65. The molecule has 0 atom stereocenters. The van der Waals surface area contributed by atoms with Gasteiger partial charge in [-0.05, 0) is 31.0 Å². The molecule has 0 aromatic heterocycles. The molecule has 0 bridgehead atoms. The number of aliphatic hydroxyl groups excluding tert-OH is 1. The van der Waals surface area contributed by atoms with E-state index in [0.717, 1.165) is 16.9 Å². The van der Waals surface area contributed by atoms with Gasteiger partial charge in [-0.15, -0.1) is 0 Å². The molecular weight excluding hydrogens is 188 g/mol. The molecule has 1 aromatic carbocycles. The highest BCUT2D eigenvalue weighted by atomic mass is 16.5. The molecule has 0 unspecified atom stereocenters. The third-order valence-electron chi connectivity index (χ3n) is 2.34. The maximum Gasteiger partial charge on any atom is 0.137 e. The van der Waals surface area contributed by atoms with Crippen LogP contribution in [0.3, 0.4) is 0 Å². The smallest absolute Gasteiger partial charge is 0.137 e. The number of ether oxygens (including phenoxy) is 1. The van der Waals surface area contributed by atoms with Crippen LogP contribution in [0.4, 0.5) is 0 Å². The van der Waals surface area contributed by atoms with E-state index in [9.17, 15) is 0 Å². The Morgan fingerprint density at radius 2 is 2.07 bits per heavy atom. The summed E-state index contributed by atoms with van der Waals surface area (Å²) in [5.74, 6) is 6.72. The Morgan fingerprint density at radius 1 is 1.33 bits per heavy atom. The van der Waals surface area contributed by atoms with Crippen molar-refractivity contribution in [2.24, 2.45) is 0 Å². The zero-order chi connectivity index (χ0) is 11.3. The van der Waals surface area contributed by atoms with Crippen molar-refractivity contribution in [1.82, 2.24) is 0 Å². The summed E-state index contributed by atoms with van der Waals surface area (Å²) in [4.78, 5) is 0. The highest BCUT2D eigenvalue weighted by Gasteiger charge is 2.05. The van der Waals surface area contributed by atoms with Crippen molar-refractivity contribution in [1.29, 1.82) is 0 Å². The number of benzene rings is 1. The lowest BCUT2D eigenvalue weighted by atomic mass is 10.0. The first-order chi connectivity index (χ1) is 7.20. The van der Waals surface area contributed by atoms with Crippen molar-refractivity contribution >= 4 is 0 Å². The number of rotatable bonds is 2. The molecule has 0 heterocycles. The minimum Gasteiger partial charge on any atom is -0.495 e. The van der Waals surface area contributed by atoms with Gasteiger partial charge in [0.15, 0.2) is 0 Å². The fourth-order valence-electron chi connectivity index (χ4n) is 1.37. The summed E-state index contributed by atoms with van der Waals surface area (Å²) < 4.78 is 5.32. The van der Waals surface area contributed by atoms with Crippen LogP contribution < -0.4 is 4.74 Å². The molecule has 0 fully saturated rings. The predicted octanol–water partition coefficient (Wildman–Crippen LogP) is 2.05. The molecular formula is C13H16O2. The number of hydrogen-bond donors (Lipinski definition) is 1. The number of aliphatic hydroxyl groups is 1. The number of hydrogen-bond acceptors (Lipinski definition) is 2. The summed E-state index contributed by atoms with van der Waals surface area (Å²) in [6, 6.07) is 3.98. The van der Waals surface area contributed by atoms with E-state index < -0.39 is 0 Å². The van der Waals surface area contributed by atoms with E-state index in [-0.39, 0.29) is 6.61 Å². The minimum atomic E-state index is 0.0974. The predicted molar refractivity (Wildman–Crippen MR) is 61.0 cm³/mol. The summed E-state index contributed by atoms with van der Waals surface area (Å²) in [6.45, 7) is 4.16. The molecule has 0 aliphatic carbocycles. The third-order valence-corrected chi connectivity index (χ3v) is 2.34. The highest BCUT2D eigenvalue weighted by molar-refractivity contribution is 5.53. The van der Waals surface area contributed by atoms with Gasteiger partial charge in [-0.3, -0.25) is 0 Å². The number of methoxy groups -OCH3 is 1. The van der Waals surface area contributed by atoms with Crippen molar-refractivity contribution in [3.8, 4) is 17.6 Å². The van der Waals surface area contributed by atoms with Gasteiger partial charge >= 0.3 is 0 Å². The highest BCUT2D eigenvalue weighted by Crippen LogP contribution is 2.25. The molecule has 15 heavy (non-hydrogen) atoms. The van der Waals surface area contributed by atoms with E-state index >= 15 is 0 Å². The van der Waals surface area contributed by atoms with Crippen LogP contribution >= 0.6 is 0 Å². The maximum absolute atomic E-state index is 8.64. The second-order valence-corrected chi connectivity index (χ2v) is 3.36. The molecule has 0 radical (unpaired) electrons. The van der Waals surface area contributed by atoms with Gasteiger partial charge in [0.05, 0.1) is 19.3 Å². The SMILES string of the molecule is COc1c(C#CCCO)ccc(C)c1C. The summed E-state index contributed by atoms with van der Waals surface area (Å²) >= 11 is 0. The van der Waals surface area contributed by atoms with Gasteiger partial charge in [0.25, 0.3) is 0 Å². The van der Waals surface area contributed by atoms with Gasteiger partial charge < -0.3 is 9.84 Å². The average Bonchev–Trinajstić information content (AvgIpc) is 2.24. The second-order valence-electron chi connectivity index (χ2n) is 3.36. The van der Waals surface area contributed by atoms with Crippen LogP contribution in [-0.4, -0.2) is 18.8 Å². The zero-order valence-electron chi connectivity index (χ0n) is 9.42. The van der Waals surface area contributed by atoms with Crippen molar-refractivity contribution in [2.45, 2.75) is 20.3 Å². The van der Waals surface area contributed by atoms with Crippen LogP contribution in [0, 0.1) is 25.7 Å². The molecule has 0 saturated heterocycles. The van der Waals surface area contributed by atoms with Crippen molar-refractivity contribution < 1.29 is 9.84 Å². The Hall–Kier alpha value is -1.46. The molecule has 1 aromatic rings. The Balaban J connectivity index is 3.09. The van der Waals surface area contributed by atoms with Crippen LogP contribution in [-0.2, 0) is 0 Å². The van der Waals surface area contributed by atoms with Gasteiger partial charge in [0.2, 0.25) is 0 Å². The van der Waals surface area contributed by atoms with Crippen LogP contribution in [0.1, 0.15) is 23.1 Å². The molecule has 80 valence electrons. The first kappa shape index (κ1) is 11.6. The molecule has 2 heteroatoms. The molecule has 0 saturated carbocycles. The summed E-state index contributed by atoms with van der Waals surface area (Å²) in [5, 5.41) is 8.64. The normalized spacial score (nSPS) is 9.33. The van der Waals surface area contributed by atoms with Crippen LogP contribution in [0.15, 0.2) is 12.1 Å². The average molecular weight is 204 g/mol. The lowest BCUT2D eigenvalue weighted by Gasteiger charge is -2.09. The number of aryl methyl sites for hydroxylation is 1. The Morgan fingerprint density at radius 3 is 2.67 bits per heavy atom. The Bertz CT molecular complexity index is 397. The van der Waals surface area contributed by atoms with E-state index in [1.54, 1.807) is 7.11 Å². The monoisotopic (exact) mass is 204 g/mol. The lowest BCUT2D eigenvalue weighted by molar-refractivity contribution is 0.305. The van der Waals surface area contributed by atoms with E-state index in [2.05, 4.69) is 11.8 Å². The van der Waals surface area contributed by atoms with Crippen molar-refractivity contribution in [2.75, 3.05) is 13.7 Å². The van der Waals surface area contributed by atoms with Gasteiger partial charge in [0, 0.05) is 6.42 Å². The summed E-state index contributed by atoms with van der Waals surface area (Å²) in [6.07, 6.45) is 0.496. The van der Waals surface area contributed by atoms with Crippen LogP contribution in [0.2, 0.25) is 0 Å². The third kappa shape index (κ3) is 2.74. The van der Waals surface area contributed by atoms with Gasteiger partial charge in [-0.2, -0.15) is 0 Å². The van der Waals surface area contributed by atoms with E-state index in [4.69, 9.17) is 9.84 Å². The van der Waals surface area contributed by atoms with Crippen LogP contribution in [0.25, 0.3) is 0 Å². The fourth-order valence-corrected chi connectivity index (χ4v) is 1.37. The fraction of sp³-hybridized carbons (Fsp3) is 0.385. The molecule has 0 aliphatic heterocycles. The molecule has 0 aliphatic rings. The first-order valence-corrected chi connectivity index (χ1v) is 4.94. The Kier molecular flexibility index (Phi) is 4.20. The van der Waals surface area contributed by atoms with E-state index in [0.29, 0.717) is 6.42 Å². The molecule has 1 N–H and O–H groups in total. The Labute approximate surface area is 90.9 Å². The van der Waals surface area contributed by atoms with Gasteiger partial charge in [0.1, 0.15) is 5.75 Å². The molecule has 1 rings (SSSR count). The van der Waals surface area contributed by atoms with Crippen molar-refractivity contribution in [3.63, 3.8) is 0 Å². The zero-order valence-corrected chi connectivity index (χ0v) is 9.42. The lowest BCUT2D eigenvalue weighted by Crippen LogP contribution is -1.93. The minimum absolute atomic E-state index is 0.0974. The largest absolute Gasteiger partial charge is 0.495 e. The quantitative estimate of drug-likeness (QED) is 0.747. The standard InChI is InChI=1S/C13H16O2/c1-10-7-8-12(6-4-5-9-14)13(15-3)11(10)2/h7-8,14H,5,9H2,1-3H3. The molecule has 2 nitrogen and oxygen atoms in total. The van der Waals surface area contributed by atoms with Crippen LogP contribution in [0.5, 0.6) is 5.75 Å². The van der Waals surface area contributed by atoms with Gasteiger partial charge in [-0.25, -0.2) is 0 Å². The van der Waals surface area contributed by atoms with Gasteiger partial charge in [-0.1, -0.05) is 17.9 Å². The molecule has 0 amide bonds. The topological polar surface area (TPSA) is 29.5 Å². The van der Waals surface area contributed by atoms with E-state index in [1.165, 1.54) is 5.56 Å².